The van der Waals surface area contributed by atoms with Crippen molar-refractivity contribution >= 4 is 17.5 Å². The van der Waals surface area contributed by atoms with E-state index in [1.54, 1.807) is 24.3 Å². The molecule has 0 saturated carbocycles. The molecule has 0 unspecified atom stereocenters. The van der Waals surface area contributed by atoms with Gasteiger partial charge in [0.15, 0.2) is 0 Å². The molecule has 1 aliphatic rings. The van der Waals surface area contributed by atoms with E-state index in [4.69, 9.17) is 11.6 Å². The molecule has 0 radical (unpaired) electrons. The molecule has 0 spiro atoms. The van der Waals surface area contributed by atoms with E-state index in [9.17, 15) is 4.79 Å². The van der Waals surface area contributed by atoms with Crippen LogP contribution in [0.15, 0.2) is 36.0 Å². The fraction of sp³-hybridized carbons (Fsp3) is 0.438. The summed E-state index contributed by atoms with van der Waals surface area (Å²) in [4.78, 5) is 12.1. The third-order valence-corrected chi connectivity index (χ3v) is 3.65. The number of hydrazine groups is 1. The number of benzene rings is 1. The van der Waals surface area contributed by atoms with E-state index in [1.165, 1.54) is 0 Å². The first kappa shape index (κ1) is 15.9. The second kappa shape index (κ2) is 5.70. The number of amides is 1. The first-order chi connectivity index (χ1) is 9.67. The lowest BCUT2D eigenvalue weighted by Crippen LogP contribution is -3.04. The lowest BCUT2D eigenvalue weighted by Gasteiger charge is -2.37. The van der Waals surface area contributed by atoms with Crippen LogP contribution in [0.4, 0.5) is 0 Å². The van der Waals surface area contributed by atoms with Crippen LogP contribution in [0.25, 0.3) is 0 Å². The molecule has 4 nitrogen and oxygen atoms in total. The normalized spacial score (nSPS) is 19.6. The summed E-state index contributed by atoms with van der Waals surface area (Å²) in [6.45, 7) is 8.72. The number of halogens is 1. The fourth-order valence-corrected chi connectivity index (χ4v) is 3.11. The number of quaternary nitrogens is 1. The quantitative estimate of drug-likeness (QED) is 0.748. The van der Waals surface area contributed by atoms with Crippen molar-refractivity contribution < 1.29 is 10.1 Å². The van der Waals surface area contributed by atoms with Crippen LogP contribution in [0.3, 0.4) is 0 Å². The van der Waals surface area contributed by atoms with Crippen LogP contribution >= 0.6 is 11.6 Å². The summed E-state index contributed by atoms with van der Waals surface area (Å²) in [6.07, 6.45) is 3.03. The topological polar surface area (TPSA) is 57.7 Å². The molecule has 0 aliphatic carbocycles. The fourth-order valence-electron chi connectivity index (χ4n) is 2.98. The van der Waals surface area contributed by atoms with Crippen molar-refractivity contribution in [2.45, 2.75) is 45.2 Å². The predicted octanol–water partition coefficient (Wildman–Crippen LogP) is 1.98. The first-order valence-electron chi connectivity index (χ1n) is 7.08. The van der Waals surface area contributed by atoms with Crippen molar-refractivity contribution in [2.24, 2.45) is 0 Å². The summed E-state index contributed by atoms with van der Waals surface area (Å²) in [5, 5.41) is 2.96. The van der Waals surface area contributed by atoms with E-state index in [2.05, 4.69) is 49.9 Å². The minimum Gasteiger partial charge on any atom is -0.334 e. The van der Waals surface area contributed by atoms with Crippen molar-refractivity contribution in [3.05, 3.63) is 46.6 Å². The van der Waals surface area contributed by atoms with Gasteiger partial charge in [0.2, 0.25) is 0 Å². The Balaban J connectivity index is 2.01. The zero-order valence-electron chi connectivity index (χ0n) is 13.0. The average molecular weight is 309 g/mol. The highest BCUT2D eigenvalue weighted by Crippen LogP contribution is 2.18. The van der Waals surface area contributed by atoms with E-state index >= 15 is 0 Å². The molecule has 4 N–H and O–H groups in total. The molecule has 0 atom stereocenters. The molecule has 1 aromatic rings. The maximum atomic E-state index is 12.1. The maximum Gasteiger partial charge on any atom is 0.269 e. The van der Waals surface area contributed by atoms with Gasteiger partial charge in [-0.05, 0) is 58.0 Å². The number of nitrogens with two attached hydrogens (primary N) is 1. The summed E-state index contributed by atoms with van der Waals surface area (Å²) in [5.74, 6) is -0.169. The van der Waals surface area contributed by atoms with Crippen molar-refractivity contribution in [3.8, 4) is 0 Å². The van der Waals surface area contributed by atoms with Gasteiger partial charge in [-0.3, -0.25) is 10.2 Å². The van der Waals surface area contributed by atoms with Gasteiger partial charge in [0, 0.05) is 22.7 Å². The monoisotopic (exact) mass is 308 g/mol. The summed E-state index contributed by atoms with van der Waals surface area (Å²) in [7, 11) is 0. The number of carbonyl (C=O) groups is 1. The van der Waals surface area contributed by atoms with Crippen LogP contribution in [-0.2, 0) is 0 Å². The van der Waals surface area contributed by atoms with E-state index in [-0.39, 0.29) is 17.0 Å². The Bertz CT molecular complexity index is 561. The molecule has 1 amide bonds. The first-order valence-corrected chi connectivity index (χ1v) is 7.45. The third kappa shape index (κ3) is 4.48. The number of carbonyl (C=O) groups excluding carboxylic acids is 1. The third-order valence-electron chi connectivity index (χ3n) is 3.40. The van der Waals surface area contributed by atoms with Crippen LogP contribution in [0.1, 0.15) is 44.5 Å². The number of nitrogens with one attached hydrogen (secondary N) is 2. The number of hydrogen-bond donors (Lipinski definition) is 3. The molecule has 0 aromatic heterocycles. The summed E-state index contributed by atoms with van der Waals surface area (Å²) in [6, 6.07) is 6.82. The molecule has 0 fully saturated rings. The zero-order valence-corrected chi connectivity index (χ0v) is 13.7. The Kier molecular flexibility index (Phi) is 4.30. The predicted molar refractivity (Wildman–Crippen MR) is 84.8 cm³/mol. The van der Waals surface area contributed by atoms with Crippen LogP contribution < -0.4 is 16.2 Å². The average Bonchev–Trinajstić information content (AvgIpc) is 2.33. The van der Waals surface area contributed by atoms with Gasteiger partial charge in [-0.2, -0.15) is 0 Å². The van der Waals surface area contributed by atoms with Gasteiger partial charge in [0.1, 0.15) is 5.54 Å². The highest BCUT2D eigenvalue weighted by atomic mass is 35.5. The van der Waals surface area contributed by atoms with E-state index in [0.29, 0.717) is 10.6 Å². The molecule has 114 valence electrons. The van der Waals surface area contributed by atoms with Gasteiger partial charge < -0.3 is 10.7 Å². The van der Waals surface area contributed by atoms with Gasteiger partial charge in [-0.15, -0.1) is 0 Å². The maximum absolute atomic E-state index is 12.1. The molecule has 1 aromatic carbocycles. The Morgan fingerprint density at radius 2 is 1.81 bits per heavy atom. The highest BCUT2D eigenvalue weighted by molar-refractivity contribution is 6.30. The standard InChI is InChI=1S/C16H22ClN3O/c1-15(2)9-13(10-16(3,4)20-15)18-19-14(21)11-5-7-12(17)8-6-11/h5-9,18,20H,10H2,1-4H3,(H,19,21)/p+1. The Morgan fingerprint density at radius 1 is 1.19 bits per heavy atom. The molecule has 0 saturated heterocycles. The summed E-state index contributed by atoms with van der Waals surface area (Å²) < 4.78 is 0. The van der Waals surface area contributed by atoms with E-state index in [1.807, 2.05) is 0 Å². The molecule has 1 aliphatic heterocycles. The van der Waals surface area contributed by atoms with Gasteiger partial charge in [-0.1, -0.05) is 11.6 Å². The van der Waals surface area contributed by atoms with Gasteiger partial charge >= 0.3 is 0 Å². The van der Waals surface area contributed by atoms with Gasteiger partial charge in [0.25, 0.3) is 5.91 Å². The summed E-state index contributed by atoms with van der Waals surface area (Å²) >= 11 is 5.82. The van der Waals surface area contributed by atoms with E-state index in [0.717, 1.165) is 12.1 Å². The molecule has 1 heterocycles. The molecule has 0 bridgehead atoms. The second-order valence-corrected chi connectivity index (χ2v) is 7.32. The van der Waals surface area contributed by atoms with Crippen LogP contribution in [0.5, 0.6) is 0 Å². The van der Waals surface area contributed by atoms with Crippen molar-refractivity contribution in [1.82, 2.24) is 10.9 Å². The minimum atomic E-state index is -0.169. The number of rotatable bonds is 3. The lowest BCUT2D eigenvalue weighted by atomic mass is 9.86. The number of hydrogen-bond acceptors (Lipinski definition) is 2. The van der Waals surface area contributed by atoms with Crippen molar-refractivity contribution in [1.29, 1.82) is 0 Å². The largest absolute Gasteiger partial charge is 0.334 e. The Morgan fingerprint density at radius 3 is 2.38 bits per heavy atom. The minimum absolute atomic E-state index is 0.00901. The Hall–Kier alpha value is -1.52. The molecule has 21 heavy (non-hydrogen) atoms. The van der Waals surface area contributed by atoms with Crippen LogP contribution in [0, 0.1) is 0 Å². The van der Waals surface area contributed by atoms with Crippen LogP contribution in [-0.4, -0.2) is 17.0 Å². The second-order valence-electron chi connectivity index (χ2n) is 6.89. The van der Waals surface area contributed by atoms with Gasteiger partial charge in [-0.25, -0.2) is 0 Å². The Labute approximate surface area is 130 Å². The van der Waals surface area contributed by atoms with Gasteiger partial charge in [0.05, 0.1) is 5.54 Å². The van der Waals surface area contributed by atoms with Crippen LogP contribution in [0.2, 0.25) is 5.02 Å². The molecule has 2 rings (SSSR count). The zero-order chi connectivity index (χ0) is 15.7. The summed E-state index contributed by atoms with van der Waals surface area (Å²) in [5.41, 5.74) is 7.53. The molecular formula is C16H23ClN3O+. The highest BCUT2D eigenvalue weighted by Gasteiger charge is 2.36. The smallest absolute Gasteiger partial charge is 0.269 e. The van der Waals surface area contributed by atoms with Crippen molar-refractivity contribution in [3.63, 3.8) is 0 Å². The van der Waals surface area contributed by atoms with Crippen molar-refractivity contribution in [2.75, 3.05) is 0 Å². The lowest BCUT2D eigenvalue weighted by molar-refractivity contribution is -0.771. The molecular weight excluding hydrogens is 286 g/mol. The van der Waals surface area contributed by atoms with E-state index < -0.39 is 0 Å². The molecule has 5 heteroatoms. The SMILES string of the molecule is CC1(C)C=C(NNC(=O)c2ccc(Cl)cc2)CC(C)(C)[NH2+]1.